The number of aromatic nitrogens is 2. The number of nitrogens with two attached hydrogens (primary N) is 1. The number of hydrogen-bond donors (Lipinski definition) is 1. The zero-order valence-corrected chi connectivity index (χ0v) is 11.7. The van der Waals surface area contributed by atoms with Crippen molar-refractivity contribution in [3.63, 3.8) is 0 Å². The van der Waals surface area contributed by atoms with Crippen molar-refractivity contribution in [1.82, 2.24) is 9.55 Å². The van der Waals surface area contributed by atoms with Gasteiger partial charge in [-0.2, -0.15) is 0 Å². The molecule has 3 nitrogen and oxygen atoms in total. The molecule has 0 fully saturated rings. The molecule has 2 aromatic rings. The highest BCUT2D eigenvalue weighted by Crippen LogP contribution is 2.23. The molecule has 0 aliphatic rings. The summed E-state index contributed by atoms with van der Waals surface area (Å²) in [6.07, 6.45) is 2.66. The Morgan fingerprint density at radius 3 is 2.67 bits per heavy atom. The lowest BCUT2D eigenvalue weighted by Crippen LogP contribution is -2.19. The number of benzene rings is 1. The Hall–Kier alpha value is -1.32. The summed E-state index contributed by atoms with van der Waals surface area (Å²) in [5.74, 6) is 0. The van der Waals surface area contributed by atoms with Gasteiger partial charge in [0.15, 0.2) is 0 Å². The van der Waals surface area contributed by atoms with E-state index in [2.05, 4.69) is 16.5 Å². The van der Waals surface area contributed by atoms with Crippen LogP contribution in [0.4, 0.5) is 0 Å². The molecule has 1 atom stereocenters. The van der Waals surface area contributed by atoms with Gasteiger partial charge in [0.2, 0.25) is 0 Å². The first kappa shape index (κ1) is 13.1. The smallest absolute Gasteiger partial charge is 0.0997 e. The van der Waals surface area contributed by atoms with Crippen molar-refractivity contribution in [2.75, 3.05) is 0 Å². The Bertz CT molecular complexity index is 558. The third-order valence-corrected chi connectivity index (χ3v) is 3.34. The SMILES string of the molecule is Cc1ncn(-c2cc(Cl)ccc2CC(C)N)c1C. The number of rotatable bonds is 3. The molecule has 2 N–H and O–H groups in total. The van der Waals surface area contributed by atoms with E-state index in [0.717, 1.165) is 28.5 Å². The lowest BCUT2D eigenvalue weighted by molar-refractivity contribution is 0.732. The van der Waals surface area contributed by atoms with Gasteiger partial charge in [-0.1, -0.05) is 17.7 Å². The van der Waals surface area contributed by atoms with Crippen LogP contribution in [0.1, 0.15) is 23.9 Å². The van der Waals surface area contributed by atoms with Crippen LogP contribution in [0.15, 0.2) is 24.5 Å². The minimum Gasteiger partial charge on any atom is -0.328 e. The molecule has 0 aliphatic carbocycles. The molecule has 4 heteroatoms. The van der Waals surface area contributed by atoms with Gasteiger partial charge in [-0.05, 0) is 44.9 Å². The third-order valence-electron chi connectivity index (χ3n) is 3.10. The van der Waals surface area contributed by atoms with Crippen molar-refractivity contribution in [3.05, 3.63) is 46.5 Å². The van der Waals surface area contributed by atoms with Crippen LogP contribution in [0.3, 0.4) is 0 Å². The van der Waals surface area contributed by atoms with E-state index in [-0.39, 0.29) is 6.04 Å². The van der Waals surface area contributed by atoms with Crippen LogP contribution >= 0.6 is 11.6 Å². The second-order valence-corrected chi connectivity index (χ2v) is 5.18. The first-order valence-corrected chi connectivity index (χ1v) is 6.41. The molecule has 0 bridgehead atoms. The van der Waals surface area contributed by atoms with E-state index in [9.17, 15) is 0 Å². The standard InChI is InChI=1S/C14H18ClN3/c1-9(16)6-12-4-5-13(15)7-14(12)18-8-17-10(2)11(18)3/h4-5,7-9H,6,16H2,1-3H3. The molecule has 0 aliphatic heterocycles. The van der Waals surface area contributed by atoms with E-state index in [4.69, 9.17) is 17.3 Å². The van der Waals surface area contributed by atoms with Gasteiger partial charge in [0, 0.05) is 16.8 Å². The Morgan fingerprint density at radius 2 is 2.11 bits per heavy atom. The highest BCUT2D eigenvalue weighted by molar-refractivity contribution is 6.30. The van der Waals surface area contributed by atoms with Crippen LogP contribution in [0.25, 0.3) is 5.69 Å². The Morgan fingerprint density at radius 1 is 1.39 bits per heavy atom. The molecule has 0 saturated heterocycles. The normalized spacial score (nSPS) is 12.7. The fourth-order valence-electron chi connectivity index (χ4n) is 2.02. The van der Waals surface area contributed by atoms with Crippen LogP contribution in [0.5, 0.6) is 0 Å². The lowest BCUT2D eigenvalue weighted by atomic mass is 10.1. The average Bonchev–Trinajstić information content (AvgIpc) is 2.62. The minimum atomic E-state index is 0.120. The summed E-state index contributed by atoms with van der Waals surface area (Å²) >= 11 is 6.10. The van der Waals surface area contributed by atoms with E-state index < -0.39 is 0 Å². The summed E-state index contributed by atoms with van der Waals surface area (Å²) in [5, 5.41) is 0.726. The van der Waals surface area contributed by atoms with Gasteiger partial charge in [0.05, 0.1) is 17.7 Å². The van der Waals surface area contributed by atoms with Crippen molar-refractivity contribution in [2.24, 2.45) is 5.73 Å². The van der Waals surface area contributed by atoms with E-state index >= 15 is 0 Å². The van der Waals surface area contributed by atoms with Gasteiger partial charge in [-0.25, -0.2) is 4.98 Å². The molecular weight excluding hydrogens is 246 g/mol. The molecule has 1 aromatic heterocycles. The number of imidazole rings is 1. The maximum absolute atomic E-state index is 6.10. The molecule has 96 valence electrons. The maximum atomic E-state index is 6.10. The molecule has 1 aromatic carbocycles. The molecule has 1 heterocycles. The number of aryl methyl sites for hydroxylation is 1. The number of halogens is 1. The number of nitrogens with zero attached hydrogens (tertiary/aromatic N) is 2. The third kappa shape index (κ3) is 2.57. The summed E-state index contributed by atoms with van der Waals surface area (Å²) in [6.45, 7) is 6.06. The van der Waals surface area contributed by atoms with E-state index in [1.807, 2.05) is 38.4 Å². The van der Waals surface area contributed by atoms with Crippen LogP contribution in [-0.4, -0.2) is 15.6 Å². The van der Waals surface area contributed by atoms with Crippen LogP contribution < -0.4 is 5.73 Å². The quantitative estimate of drug-likeness (QED) is 0.925. The Kier molecular flexibility index (Phi) is 3.73. The van der Waals surface area contributed by atoms with Crippen LogP contribution in [0, 0.1) is 13.8 Å². The summed E-state index contributed by atoms with van der Waals surface area (Å²) in [6, 6.07) is 6.03. The van der Waals surface area contributed by atoms with Gasteiger partial charge in [0.1, 0.15) is 0 Å². The van der Waals surface area contributed by atoms with E-state index in [1.165, 1.54) is 5.56 Å². The predicted molar refractivity (Wildman–Crippen MR) is 75.4 cm³/mol. The molecule has 18 heavy (non-hydrogen) atoms. The zero-order chi connectivity index (χ0) is 13.3. The van der Waals surface area contributed by atoms with Crippen molar-refractivity contribution in [1.29, 1.82) is 0 Å². The maximum Gasteiger partial charge on any atom is 0.0997 e. The van der Waals surface area contributed by atoms with Gasteiger partial charge in [0.25, 0.3) is 0 Å². The highest BCUT2D eigenvalue weighted by atomic mass is 35.5. The Balaban J connectivity index is 2.54. The summed E-state index contributed by atoms with van der Waals surface area (Å²) in [7, 11) is 0. The summed E-state index contributed by atoms with van der Waals surface area (Å²) in [5.41, 5.74) is 10.3. The average molecular weight is 264 g/mol. The molecule has 2 rings (SSSR count). The summed E-state index contributed by atoms with van der Waals surface area (Å²) in [4.78, 5) is 4.33. The first-order chi connectivity index (χ1) is 8.49. The Labute approximate surface area is 113 Å². The van der Waals surface area contributed by atoms with E-state index in [1.54, 1.807) is 0 Å². The van der Waals surface area contributed by atoms with Crippen molar-refractivity contribution < 1.29 is 0 Å². The first-order valence-electron chi connectivity index (χ1n) is 6.04. The van der Waals surface area contributed by atoms with E-state index in [0.29, 0.717) is 0 Å². The lowest BCUT2D eigenvalue weighted by Gasteiger charge is -2.14. The van der Waals surface area contributed by atoms with Gasteiger partial charge in [-0.15, -0.1) is 0 Å². The molecule has 0 saturated carbocycles. The predicted octanol–water partition coefficient (Wildman–Crippen LogP) is 3.03. The molecule has 0 amide bonds. The topological polar surface area (TPSA) is 43.8 Å². The fraction of sp³-hybridized carbons (Fsp3) is 0.357. The molecule has 0 spiro atoms. The molecular formula is C14H18ClN3. The van der Waals surface area contributed by atoms with Gasteiger partial charge < -0.3 is 10.3 Å². The van der Waals surface area contributed by atoms with Crippen molar-refractivity contribution >= 4 is 11.6 Å². The molecule has 0 radical (unpaired) electrons. The molecule has 1 unspecified atom stereocenters. The second kappa shape index (κ2) is 5.12. The minimum absolute atomic E-state index is 0.120. The largest absolute Gasteiger partial charge is 0.328 e. The van der Waals surface area contributed by atoms with Crippen LogP contribution in [0.2, 0.25) is 5.02 Å². The zero-order valence-electron chi connectivity index (χ0n) is 10.9. The van der Waals surface area contributed by atoms with Crippen molar-refractivity contribution in [3.8, 4) is 5.69 Å². The monoisotopic (exact) mass is 263 g/mol. The highest BCUT2D eigenvalue weighted by Gasteiger charge is 2.11. The fourth-order valence-corrected chi connectivity index (χ4v) is 2.19. The van der Waals surface area contributed by atoms with Gasteiger partial charge >= 0.3 is 0 Å². The number of hydrogen-bond acceptors (Lipinski definition) is 2. The second-order valence-electron chi connectivity index (χ2n) is 4.74. The van der Waals surface area contributed by atoms with Crippen molar-refractivity contribution in [2.45, 2.75) is 33.2 Å². The van der Waals surface area contributed by atoms with Crippen LogP contribution in [-0.2, 0) is 6.42 Å². The van der Waals surface area contributed by atoms with Gasteiger partial charge in [-0.3, -0.25) is 0 Å². The summed E-state index contributed by atoms with van der Waals surface area (Å²) < 4.78 is 2.07.